The molecular weight excluding hydrogens is 336 g/mol. The van der Waals surface area contributed by atoms with Crippen molar-refractivity contribution < 1.29 is 43.9 Å². The van der Waals surface area contributed by atoms with Gasteiger partial charge in [-0.15, -0.1) is 0 Å². The number of likely N-dealkylation sites (tertiary alicyclic amines) is 1. The Bertz CT molecular complexity index is 435. The quantitative estimate of drug-likeness (QED) is 0.512. The molecule has 11 heteroatoms. The van der Waals surface area contributed by atoms with Crippen molar-refractivity contribution in [3.8, 4) is 0 Å². The van der Waals surface area contributed by atoms with Gasteiger partial charge in [-0.05, 0) is 12.3 Å². The Morgan fingerprint density at radius 3 is 1.77 bits per heavy atom. The van der Waals surface area contributed by atoms with Crippen LogP contribution in [0.2, 0.25) is 0 Å². The fourth-order valence-corrected chi connectivity index (χ4v) is 2.41. The summed E-state index contributed by atoms with van der Waals surface area (Å²) in [5.41, 5.74) is 0. The van der Waals surface area contributed by atoms with E-state index >= 15 is 0 Å². The number of halogens is 10. The Labute approximate surface area is 118 Å². The predicted octanol–water partition coefficient (Wildman–Crippen LogP) is 4.81. The fraction of sp³-hybridized carbons (Fsp3) is 0.818. The molecule has 1 aliphatic rings. The van der Waals surface area contributed by atoms with Crippen molar-refractivity contribution in [3.05, 3.63) is 11.9 Å². The van der Waals surface area contributed by atoms with Gasteiger partial charge < -0.3 is 0 Å². The summed E-state index contributed by atoms with van der Waals surface area (Å²) in [6.07, 6.45) is -15.3. The lowest BCUT2D eigenvalue weighted by Gasteiger charge is -2.44. The number of rotatable bonds is 2. The molecular formula is C11H11F10N. The molecule has 1 fully saturated rings. The van der Waals surface area contributed by atoms with E-state index in [4.69, 9.17) is 0 Å². The maximum Gasteiger partial charge on any atom is 0.443 e. The van der Waals surface area contributed by atoms with E-state index in [9.17, 15) is 43.9 Å². The normalized spacial score (nSPS) is 27.4. The minimum Gasteiger partial charge on any atom is -0.257 e. The van der Waals surface area contributed by atoms with Gasteiger partial charge in [0.25, 0.3) is 0 Å². The van der Waals surface area contributed by atoms with E-state index in [1.807, 2.05) is 0 Å². The maximum absolute atomic E-state index is 14.1. The topological polar surface area (TPSA) is 3.24 Å². The zero-order chi connectivity index (χ0) is 17.5. The molecule has 0 saturated carbocycles. The first-order valence-corrected chi connectivity index (χ1v) is 5.99. The van der Waals surface area contributed by atoms with E-state index in [2.05, 4.69) is 0 Å². The standard InChI is InChI=1S/C11H11F10N/c1-5-2-6(10(16,17)18)4-22(3-5)9(15,11(19,20)21)7(12)8(13)14/h5-6H,2-4H2,1H3. The van der Waals surface area contributed by atoms with Crippen LogP contribution >= 0.6 is 0 Å². The monoisotopic (exact) mass is 347 g/mol. The molecule has 0 radical (unpaired) electrons. The highest BCUT2D eigenvalue weighted by molar-refractivity contribution is 5.14. The van der Waals surface area contributed by atoms with Crippen LogP contribution in [-0.2, 0) is 0 Å². The Balaban J connectivity index is 3.29. The lowest BCUT2D eigenvalue weighted by atomic mass is 9.88. The summed E-state index contributed by atoms with van der Waals surface area (Å²) in [5.74, 6) is -12.2. The lowest BCUT2D eigenvalue weighted by Crippen LogP contribution is -2.61. The third kappa shape index (κ3) is 3.49. The number of piperidine rings is 1. The third-order valence-electron chi connectivity index (χ3n) is 3.39. The van der Waals surface area contributed by atoms with Gasteiger partial charge in [-0.25, -0.2) is 8.78 Å². The molecule has 0 aliphatic carbocycles. The molecule has 1 aliphatic heterocycles. The average Bonchev–Trinajstić information content (AvgIpc) is 2.33. The lowest BCUT2D eigenvalue weighted by molar-refractivity contribution is -0.290. The van der Waals surface area contributed by atoms with E-state index in [-0.39, 0.29) is 0 Å². The summed E-state index contributed by atoms with van der Waals surface area (Å²) >= 11 is 0. The number of hydrogen-bond donors (Lipinski definition) is 0. The Kier molecular flexibility index (Phi) is 5.10. The smallest absolute Gasteiger partial charge is 0.257 e. The molecule has 0 aromatic carbocycles. The van der Waals surface area contributed by atoms with E-state index in [1.54, 1.807) is 0 Å². The summed E-state index contributed by atoms with van der Waals surface area (Å²) in [5, 5.41) is 0. The van der Waals surface area contributed by atoms with Gasteiger partial charge in [0.15, 0.2) is 0 Å². The summed E-state index contributed by atoms with van der Waals surface area (Å²) in [6.45, 7) is -1.41. The fourth-order valence-electron chi connectivity index (χ4n) is 2.41. The Morgan fingerprint density at radius 1 is 0.909 bits per heavy atom. The third-order valence-corrected chi connectivity index (χ3v) is 3.39. The van der Waals surface area contributed by atoms with Crippen LogP contribution in [0, 0.1) is 11.8 Å². The number of alkyl halides is 7. The molecule has 22 heavy (non-hydrogen) atoms. The van der Waals surface area contributed by atoms with Crippen LogP contribution in [0.4, 0.5) is 43.9 Å². The highest BCUT2D eigenvalue weighted by Gasteiger charge is 2.66. The summed E-state index contributed by atoms with van der Waals surface area (Å²) in [4.78, 5) is -0.562. The molecule has 0 spiro atoms. The first kappa shape index (κ1) is 19.0. The van der Waals surface area contributed by atoms with Gasteiger partial charge in [0.1, 0.15) is 0 Å². The van der Waals surface area contributed by atoms with Crippen molar-refractivity contribution >= 4 is 0 Å². The van der Waals surface area contributed by atoms with Crippen LogP contribution in [0.25, 0.3) is 0 Å². The second-order valence-electron chi connectivity index (χ2n) is 5.18. The molecule has 0 bridgehead atoms. The molecule has 0 aromatic heterocycles. The van der Waals surface area contributed by atoms with Crippen molar-refractivity contribution in [1.82, 2.24) is 4.90 Å². The maximum atomic E-state index is 14.1. The van der Waals surface area contributed by atoms with E-state index in [0.717, 1.165) is 6.92 Å². The molecule has 3 atom stereocenters. The van der Waals surface area contributed by atoms with Gasteiger partial charge in [-0.3, -0.25) is 4.90 Å². The van der Waals surface area contributed by atoms with Gasteiger partial charge in [-0.2, -0.15) is 35.1 Å². The number of nitrogens with zero attached hydrogens (tertiary/aromatic N) is 1. The zero-order valence-electron chi connectivity index (χ0n) is 11.0. The second-order valence-corrected chi connectivity index (χ2v) is 5.18. The van der Waals surface area contributed by atoms with Crippen LogP contribution in [0.5, 0.6) is 0 Å². The largest absolute Gasteiger partial charge is 0.443 e. The minimum atomic E-state index is -6.16. The van der Waals surface area contributed by atoms with Gasteiger partial charge in [0.05, 0.1) is 5.92 Å². The molecule has 1 nitrogen and oxygen atoms in total. The highest BCUT2D eigenvalue weighted by atomic mass is 19.4. The first-order chi connectivity index (χ1) is 9.71. The molecule has 1 heterocycles. The van der Waals surface area contributed by atoms with Crippen LogP contribution in [0.3, 0.4) is 0 Å². The van der Waals surface area contributed by atoms with E-state index in [0.29, 0.717) is 0 Å². The summed E-state index contributed by atoms with van der Waals surface area (Å²) < 4.78 is 128. The molecule has 0 aromatic rings. The first-order valence-electron chi connectivity index (χ1n) is 5.99. The van der Waals surface area contributed by atoms with Crippen LogP contribution in [0.15, 0.2) is 11.9 Å². The molecule has 1 rings (SSSR count). The molecule has 1 saturated heterocycles. The van der Waals surface area contributed by atoms with E-state index < -0.39 is 66.3 Å². The van der Waals surface area contributed by atoms with Crippen molar-refractivity contribution in [2.45, 2.75) is 31.5 Å². The van der Waals surface area contributed by atoms with Crippen molar-refractivity contribution in [3.63, 3.8) is 0 Å². The van der Waals surface area contributed by atoms with Crippen molar-refractivity contribution in [2.75, 3.05) is 13.1 Å². The molecule has 130 valence electrons. The van der Waals surface area contributed by atoms with Gasteiger partial charge in [-0.1, -0.05) is 6.92 Å². The van der Waals surface area contributed by atoms with Crippen molar-refractivity contribution in [2.24, 2.45) is 11.8 Å². The molecule has 0 amide bonds. The molecule has 0 N–H and O–H groups in total. The average molecular weight is 347 g/mol. The Morgan fingerprint density at radius 2 is 1.41 bits per heavy atom. The predicted molar refractivity (Wildman–Crippen MR) is 55.1 cm³/mol. The van der Waals surface area contributed by atoms with E-state index in [1.165, 1.54) is 0 Å². The van der Waals surface area contributed by atoms with Crippen LogP contribution < -0.4 is 0 Å². The minimum absolute atomic E-state index is 0.562. The van der Waals surface area contributed by atoms with Gasteiger partial charge in [0, 0.05) is 13.1 Å². The number of hydrogen-bond acceptors (Lipinski definition) is 1. The van der Waals surface area contributed by atoms with Gasteiger partial charge >= 0.3 is 24.2 Å². The molecule has 3 unspecified atom stereocenters. The van der Waals surface area contributed by atoms with Gasteiger partial charge in [0.2, 0.25) is 5.83 Å². The van der Waals surface area contributed by atoms with Crippen molar-refractivity contribution in [1.29, 1.82) is 0 Å². The summed E-state index contributed by atoms with van der Waals surface area (Å²) in [7, 11) is 0. The Hall–Kier alpha value is -1.00. The second kappa shape index (κ2) is 5.89. The van der Waals surface area contributed by atoms with Crippen LogP contribution in [-0.4, -0.2) is 36.1 Å². The highest BCUT2D eigenvalue weighted by Crippen LogP contribution is 2.48. The zero-order valence-corrected chi connectivity index (χ0v) is 11.0. The van der Waals surface area contributed by atoms with Crippen LogP contribution in [0.1, 0.15) is 13.3 Å². The SMILES string of the molecule is CC1CC(C(F)(F)F)CN(C(F)(C(F)=C(F)F)C(F)(F)F)C1. The summed E-state index contributed by atoms with van der Waals surface area (Å²) in [6, 6.07) is 0.